The van der Waals surface area contributed by atoms with E-state index in [4.69, 9.17) is 9.47 Å². The fourth-order valence-corrected chi connectivity index (χ4v) is 5.57. The van der Waals surface area contributed by atoms with Gasteiger partial charge in [0.05, 0.1) is 35.6 Å². The third-order valence-electron chi connectivity index (χ3n) is 6.72. The molecule has 1 aromatic heterocycles. The lowest BCUT2D eigenvalue weighted by Gasteiger charge is -2.44. The number of benzene rings is 2. The van der Waals surface area contributed by atoms with Crippen LogP contribution in [0.5, 0.6) is 0 Å². The van der Waals surface area contributed by atoms with Crippen molar-refractivity contribution in [2.75, 3.05) is 31.6 Å². The van der Waals surface area contributed by atoms with Crippen LogP contribution in [0.1, 0.15) is 29.8 Å². The lowest BCUT2D eigenvalue weighted by atomic mass is 9.85. The van der Waals surface area contributed by atoms with Crippen LogP contribution in [0, 0.1) is 6.92 Å². The molecule has 2 unspecified atom stereocenters. The number of hydrogen-bond acceptors (Lipinski definition) is 6. The highest BCUT2D eigenvalue weighted by atomic mass is 32.1. The lowest BCUT2D eigenvalue weighted by molar-refractivity contribution is -0.159. The summed E-state index contributed by atoms with van der Waals surface area (Å²) in [6.45, 7) is 5.20. The Kier molecular flexibility index (Phi) is 7.06. The molecule has 3 heterocycles. The van der Waals surface area contributed by atoms with Crippen molar-refractivity contribution in [3.63, 3.8) is 0 Å². The topological polar surface area (TPSA) is 63.7 Å². The van der Waals surface area contributed by atoms with Gasteiger partial charge < -0.3 is 14.8 Å². The van der Waals surface area contributed by atoms with Crippen molar-refractivity contribution in [3.8, 4) is 11.3 Å². The number of ether oxygens (including phenoxy) is 2. The van der Waals surface area contributed by atoms with Crippen LogP contribution in [-0.4, -0.2) is 53.7 Å². The number of rotatable bonds is 7. The van der Waals surface area contributed by atoms with Gasteiger partial charge in [-0.05, 0) is 43.9 Å². The number of hydrogen-bond donors (Lipinski definition) is 1. The minimum absolute atomic E-state index is 0.0169. The molecular formula is C27H31N3O3S. The van der Waals surface area contributed by atoms with Crippen LogP contribution in [-0.2, 0) is 20.9 Å². The fraction of sp³-hybridized carbons (Fsp3) is 0.407. The Bertz CT molecular complexity index is 1110. The molecule has 2 atom stereocenters. The van der Waals surface area contributed by atoms with Crippen molar-refractivity contribution in [3.05, 3.63) is 70.5 Å². The summed E-state index contributed by atoms with van der Waals surface area (Å²) < 4.78 is 12.6. The fourth-order valence-electron chi connectivity index (χ4n) is 4.95. The summed E-state index contributed by atoms with van der Waals surface area (Å²) in [5.74, 6) is -0.0169. The molecule has 1 N–H and O–H groups in total. The maximum absolute atomic E-state index is 12.9. The lowest BCUT2D eigenvalue weighted by Crippen LogP contribution is -2.57. The van der Waals surface area contributed by atoms with Crippen LogP contribution in [0.25, 0.3) is 11.3 Å². The summed E-state index contributed by atoms with van der Waals surface area (Å²) in [7, 11) is 0. The molecule has 0 saturated carbocycles. The molecule has 178 valence electrons. The van der Waals surface area contributed by atoms with Gasteiger partial charge in [0.25, 0.3) is 0 Å². The van der Waals surface area contributed by atoms with Crippen molar-refractivity contribution in [1.29, 1.82) is 0 Å². The summed E-state index contributed by atoms with van der Waals surface area (Å²) >= 11 is 1.63. The predicted molar refractivity (Wildman–Crippen MR) is 135 cm³/mol. The predicted octanol–water partition coefficient (Wildman–Crippen LogP) is 4.90. The maximum Gasteiger partial charge on any atom is 0.238 e. The number of thiazole rings is 1. The van der Waals surface area contributed by atoms with Crippen molar-refractivity contribution in [2.24, 2.45) is 0 Å². The molecule has 2 aliphatic heterocycles. The van der Waals surface area contributed by atoms with Gasteiger partial charge in [0, 0.05) is 36.3 Å². The van der Waals surface area contributed by atoms with E-state index in [-0.39, 0.29) is 17.6 Å². The van der Waals surface area contributed by atoms with E-state index in [1.807, 2.05) is 54.8 Å². The van der Waals surface area contributed by atoms with Crippen molar-refractivity contribution >= 4 is 22.9 Å². The maximum atomic E-state index is 12.9. The Morgan fingerprint density at radius 3 is 2.88 bits per heavy atom. The molecule has 34 heavy (non-hydrogen) atoms. The number of nitrogens with zero attached hydrogens (tertiary/aromatic N) is 2. The Morgan fingerprint density at radius 2 is 2.12 bits per heavy atom. The van der Waals surface area contributed by atoms with E-state index in [1.165, 1.54) is 0 Å². The van der Waals surface area contributed by atoms with E-state index < -0.39 is 0 Å². The number of aryl methyl sites for hydroxylation is 1. The summed E-state index contributed by atoms with van der Waals surface area (Å²) in [5, 5.41) is 6.14. The van der Waals surface area contributed by atoms with Gasteiger partial charge in [-0.2, -0.15) is 0 Å². The first-order valence-electron chi connectivity index (χ1n) is 11.9. The molecule has 3 aromatic rings. The Balaban J connectivity index is 1.21. The molecule has 0 aliphatic carbocycles. The molecule has 1 amide bonds. The van der Waals surface area contributed by atoms with Crippen LogP contribution >= 0.6 is 11.3 Å². The second-order valence-electron chi connectivity index (χ2n) is 9.17. The van der Waals surface area contributed by atoms with E-state index in [0.29, 0.717) is 19.7 Å². The van der Waals surface area contributed by atoms with E-state index in [9.17, 15) is 4.79 Å². The first kappa shape index (κ1) is 23.2. The SMILES string of the molecule is Cc1nc(-c2cccc(NC(=O)CN3CCC4(CCCO4)C(OCc4ccccc4)C3)c2)cs1. The summed E-state index contributed by atoms with van der Waals surface area (Å²) in [4.78, 5) is 19.6. The van der Waals surface area contributed by atoms with Crippen molar-refractivity contribution in [2.45, 2.75) is 44.5 Å². The van der Waals surface area contributed by atoms with Gasteiger partial charge in [0.15, 0.2) is 0 Å². The Morgan fingerprint density at radius 1 is 1.24 bits per heavy atom. The van der Waals surface area contributed by atoms with Gasteiger partial charge in [-0.15, -0.1) is 11.3 Å². The quantitative estimate of drug-likeness (QED) is 0.525. The highest BCUT2D eigenvalue weighted by Crippen LogP contribution is 2.38. The molecule has 0 radical (unpaired) electrons. The number of likely N-dealkylation sites (tertiary alicyclic amines) is 1. The minimum atomic E-state index is -0.220. The van der Waals surface area contributed by atoms with Crippen LogP contribution in [0.15, 0.2) is 60.0 Å². The van der Waals surface area contributed by atoms with Crippen molar-refractivity contribution < 1.29 is 14.3 Å². The van der Waals surface area contributed by atoms with Gasteiger partial charge in [0.1, 0.15) is 0 Å². The molecule has 2 aliphatic rings. The van der Waals surface area contributed by atoms with E-state index in [0.717, 1.165) is 59.9 Å². The van der Waals surface area contributed by atoms with E-state index >= 15 is 0 Å². The third-order valence-corrected chi connectivity index (χ3v) is 7.49. The van der Waals surface area contributed by atoms with Crippen LogP contribution in [0.4, 0.5) is 5.69 Å². The zero-order chi connectivity index (χ0) is 23.4. The number of aromatic nitrogens is 1. The van der Waals surface area contributed by atoms with E-state index in [2.05, 4.69) is 27.3 Å². The Hall–Kier alpha value is -2.58. The first-order valence-corrected chi connectivity index (χ1v) is 12.8. The third kappa shape index (κ3) is 5.39. The smallest absolute Gasteiger partial charge is 0.238 e. The number of piperidine rings is 1. The van der Waals surface area contributed by atoms with Gasteiger partial charge in [-0.3, -0.25) is 9.69 Å². The van der Waals surface area contributed by atoms with Gasteiger partial charge in [-0.25, -0.2) is 4.98 Å². The number of nitrogens with one attached hydrogen (secondary N) is 1. The largest absolute Gasteiger partial charge is 0.372 e. The molecule has 6 nitrogen and oxygen atoms in total. The van der Waals surface area contributed by atoms with Gasteiger partial charge >= 0.3 is 0 Å². The van der Waals surface area contributed by atoms with Crippen LogP contribution in [0.2, 0.25) is 0 Å². The molecule has 0 bridgehead atoms. The normalized spacial score (nSPS) is 22.8. The van der Waals surface area contributed by atoms with Crippen molar-refractivity contribution in [1.82, 2.24) is 9.88 Å². The average molecular weight is 478 g/mol. The first-order chi connectivity index (χ1) is 16.6. The number of carbonyl (C=O) groups is 1. The van der Waals surface area contributed by atoms with E-state index in [1.54, 1.807) is 11.3 Å². The summed E-state index contributed by atoms with van der Waals surface area (Å²) in [6.07, 6.45) is 2.93. The second-order valence-corrected chi connectivity index (χ2v) is 10.2. The molecule has 7 heteroatoms. The summed E-state index contributed by atoms with van der Waals surface area (Å²) in [5.41, 5.74) is 3.67. The molecule has 2 fully saturated rings. The highest BCUT2D eigenvalue weighted by Gasteiger charge is 2.47. The van der Waals surface area contributed by atoms with Crippen LogP contribution in [0.3, 0.4) is 0 Å². The van der Waals surface area contributed by atoms with Crippen LogP contribution < -0.4 is 5.32 Å². The number of carbonyl (C=O) groups excluding carboxylic acids is 1. The summed E-state index contributed by atoms with van der Waals surface area (Å²) in [6, 6.07) is 18.1. The monoisotopic (exact) mass is 477 g/mol. The zero-order valence-electron chi connectivity index (χ0n) is 19.5. The van der Waals surface area contributed by atoms with Gasteiger partial charge in [0.2, 0.25) is 5.91 Å². The number of anilines is 1. The molecule has 5 rings (SSSR count). The molecule has 2 aromatic carbocycles. The second kappa shape index (κ2) is 10.4. The highest BCUT2D eigenvalue weighted by molar-refractivity contribution is 7.09. The standard InChI is InChI=1S/C27H31N3O3S/c1-20-28-24(19-34-20)22-9-5-10-23(15-22)29-26(31)17-30-13-12-27(11-6-14-33-27)25(16-30)32-18-21-7-3-2-4-8-21/h2-5,7-10,15,19,25H,6,11-14,16-18H2,1H3,(H,29,31). The molecule has 2 saturated heterocycles. The van der Waals surface area contributed by atoms with Gasteiger partial charge in [-0.1, -0.05) is 42.5 Å². The minimum Gasteiger partial charge on any atom is -0.372 e. The number of amides is 1. The average Bonchev–Trinajstić information content (AvgIpc) is 3.50. The Labute approximate surface area is 204 Å². The molecular weight excluding hydrogens is 446 g/mol. The zero-order valence-corrected chi connectivity index (χ0v) is 20.4. The molecule has 1 spiro atoms.